The van der Waals surface area contributed by atoms with Gasteiger partial charge >= 0.3 is 0 Å². The number of hydrogen-bond acceptors (Lipinski definition) is 5. The number of fused-ring (bicyclic) bond motifs is 3. The minimum atomic E-state index is -0.0754. The minimum Gasteiger partial charge on any atom is -0.493 e. The Kier molecular flexibility index (Phi) is 3.46. The maximum Gasteiger partial charge on any atom is 0.274 e. The van der Waals surface area contributed by atoms with E-state index in [0.717, 1.165) is 16.6 Å². The monoisotopic (exact) mass is 338 g/mol. The highest BCUT2D eigenvalue weighted by Gasteiger charge is 2.12. The normalized spacial score (nSPS) is 12.2. The molecule has 4 rings (SSSR count). The Morgan fingerprint density at radius 2 is 1.92 bits per heavy atom. The molecule has 0 aliphatic carbocycles. The molecule has 2 aromatic carbocycles. The molecule has 0 fully saturated rings. The summed E-state index contributed by atoms with van der Waals surface area (Å²) < 4.78 is 13.0. The number of benzene rings is 2. The third-order valence-corrected chi connectivity index (χ3v) is 4.83. The Morgan fingerprint density at radius 3 is 2.71 bits per heavy atom. The molecule has 0 N–H and O–H groups in total. The largest absolute Gasteiger partial charge is 0.493 e. The molecular weight excluding hydrogens is 324 g/mol. The van der Waals surface area contributed by atoms with Gasteiger partial charge in [0.2, 0.25) is 0 Å². The zero-order chi connectivity index (χ0) is 16.7. The van der Waals surface area contributed by atoms with Gasteiger partial charge in [0.1, 0.15) is 0 Å². The van der Waals surface area contributed by atoms with Crippen LogP contribution in [0, 0.1) is 0 Å². The summed E-state index contributed by atoms with van der Waals surface area (Å²) in [4.78, 5) is 18.0. The highest BCUT2D eigenvalue weighted by atomic mass is 32.1. The fraction of sp³-hybridized carbons (Fsp3) is 0.111. The second-order valence-corrected chi connectivity index (χ2v) is 6.23. The van der Waals surface area contributed by atoms with Gasteiger partial charge < -0.3 is 9.47 Å². The average Bonchev–Trinajstić information content (AvgIpc) is 3.11. The van der Waals surface area contributed by atoms with Crippen LogP contribution in [0.25, 0.3) is 22.1 Å². The fourth-order valence-corrected chi connectivity index (χ4v) is 3.76. The number of nitrogens with zero attached hydrogens (tertiary/aromatic N) is 2. The summed E-state index contributed by atoms with van der Waals surface area (Å²) in [6.07, 6.45) is 1.82. The van der Waals surface area contributed by atoms with Crippen molar-refractivity contribution in [2.75, 3.05) is 14.2 Å². The van der Waals surface area contributed by atoms with Crippen LogP contribution >= 0.6 is 11.3 Å². The summed E-state index contributed by atoms with van der Waals surface area (Å²) in [6, 6.07) is 13.2. The Morgan fingerprint density at radius 1 is 1.08 bits per heavy atom. The van der Waals surface area contributed by atoms with E-state index in [0.29, 0.717) is 21.0 Å². The van der Waals surface area contributed by atoms with Crippen molar-refractivity contribution in [2.24, 2.45) is 0 Å². The van der Waals surface area contributed by atoms with Gasteiger partial charge in [0, 0.05) is 5.56 Å². The standard InChI is InChI=1S/C18H14N2O3S/c1-22-14-9-5-6-11(16(14)23-2)10-15-17(21)20-13-8-4-3-7-12(13)19-18(20)24-15/h3-10H,1-2H3. The lowest BCUT2D eigenvalue weighted by Crippen LogP contribution is -2.22. The zero-order valence-corrected chi connectivity index (χ0v) is 14.0. The van der Waals surface area contributed by atoms with Crippen LogP contribution in [0.5, 0.6) is 11.5 Å². The van der Waals surface area contributed by atoms with Crippen molar-refractivity contribution in [1.29, 1.82) is 0 Å². The predicted octanol–water partition coefficient (Wildman–Crippen LogP) is 2.47. The SMILES string of the molecule is COc1cccc(C=c2sc3nc4ccccc4n3c2=O)c1OC. The Labute approximate surface area is 141 Å². The quantitative estimate of drug-likeness (QED) is 0.576. The van der Waals surface area contributed by atoms with Gasteiger partial charge in [-0.05, 0) is 24.3 Å². The molecule has 0 radical (unpaired) electrons. The number of aromatic nitrogens is 2. The second-order valence-electron chi connectivity index (χ2n) is 5.22. The Balaban J connectivity index is 1.99. The van der Waals surface area contributed by atoms with Gasteiger partial charge in [-0.25, -0.2) is 9.38 Å². The third-order valence-electron chi connectivity index (χ3n) is 3.87. The maximum atomic E-state index is 12.8. The number of ether oxygens (including phenoxy) is 2. The first-order valence-corrected chi connectivity index (χ1v) is 8.17. The van der Waals surface area contributed by atoms with Crippen LogP contribution in [-0.4, -0.2) is 23.6 Å². The zero-order valence-electron chi connectivity index (χ0n) is 13.1. The topological polar surface area (TPSA) is 52.8 Å². The second kappa shape index (κ2) is 5.65. The molecule has 2 aromatic heterocycles. The predicted molar refractivity (Wildman–Crippen MR) is 95.2 cm³/mol. The van der Waals surface area contributed by atoms with Crippen molar-refractivity contribution < 1.29 is 9.47 Å². The first-order valence-electron chi connectivity index (χ1n) is 7.35. The van der Waals surface area contributed by atoms with E-state index < -0.39 is 0 Å². The number of thiazole rings is 1. The Bertz CT molecular complexity index is 1160. The van der Waals surface area contributed by atoms with E-state index >= 15 is 0 Å². The van der Waals surface area contributed by atoms with Crippen LogP contribution < -0.4 is 19.6 Å². The molecule has 4 aromatic rings. The molecule has 2 heterocycles. The van der Waals surface area contributed by atoms with Crippen LogP contribution in [0.2, 0.25) is 0 Å². The van der Waals surface area contributed by atoms with E-state index in [1.807, 2.05) is 48.5 Å². The summed E-state index contributed by atoms with van der Waals surface area (Å²) >= 11 is 1.36. The first kappa shape index (κ1) is 14.7. The average molecular weight is 338 g/mol. The van der Waals surface area contributed by atoms with Crippen LogP contribution in [0.4, 0.5) is 0 Å². The van der Waals surface area contributed by atoms with Crippen LogP contribution in [0.1, 0.15) is 5.56 Å². The molecule has 0 saturated heterocycles. The fourth-order valence-electron chi connectivity index (χ4n) is 2.78. The van der Waals surface area contributed by atoms with E-state index in [2.05, 4.69) is 4.98 Å². The molecule has 0 bridgehead atoms. The van der Waals surface area contributed by atoms with Gasteiger partial charge in [-0.2, -0.15) is 0 Å². The molecule has 5 nitrogen and oxygen atoms in total. The van der Waals surface area contributed by atoms with Crippen molar-refractivity contribution >= 4 is 33.4 Å². The van der Waals surface area contributed by atoms with Crippen LogP contribution in [0.3, 0.4) is 0 Å². The molecule has 6 heteroatoms. The first-order chi connectivity index (χ1) is 11.7. The molecule has 0 amide bonds. The number of methoxy groups -OCH3 is 2. The Hall–Kier alpha value is -2.86. The van der Waals surface area contributed by atoms with Gasteiger partial charge in [-0.1, -0.05) is 35.6 Å². The molecule has 0 aliphatic heterocycles. The van der Waals surface area contributed by atoms with Crippen LogP contribution in [-0.2, 0) is 0 Å². The summed E-state index contributed by atoms with van der Waals surface area (Å²) in [5.74, 6) is 1.24. The number of imidazole rings is 1. The van der Waals surface area contributed by atoms with E-state index in [1.54, 1.807) is 18.6 Å². The molecule has 0 aliphatic rings. The van der Waals surface area contributed by atoms with Crippen LogP contribution in [0.15, 0.2) is 47.3 Å². The summed E-state index contributed by atoms with van der Waals surface area (Å²) in [5.41, 5.74) is 2.37. The van der Waals surface area contributed by atoms with Gasteiger partial charge in [0.15, 0.2) is 16.5 Å². The lowest BCUT2D eigenvalue weighted by molar-refractivity contribution is 0.354. The minimum absolute atomic E-state index is 0.0754. The van der Waals surface area contributed by atoms with E-state index in [1.165, 1.54) is 11.3 Å². The molecule has 24 heavy (non-hydrogen) atoms. The van der Waals surface area contributed by atoms with Gasteiger partial charge in [0.05, 0.1) is 29.8 Å². The van der Waals surface area contributed by atoms with Crippen molar-refractivity contribution in [1.82, 2.24) is 9.38 Å². The molecule has 0 unspecified atom stereocenters. The number of para-hydroxylation sites is 3. The molecule has 120 valence electrons. The summed E-state index contributed by atoms with van der Waals surface area (Å²) in [6.45, 7) is 0. The van der Waals surface area contributed by atoms with E-state index in [-0.39, 0.29) is 5.56 Å². The highest BCUT2D eigenvalue weighted by molar-refractivity contribution is 7.15. The van der Waals surface area contributed by atoms with Crippen molar-refractivity contribution in [3.8, 4) is 11.5 Å². The number of hydrogen-bond donors (Lipinski definition) is 0. The number of rotatable bonds is 3. The maximum absolute atomic E-state index is 12.8. The van der Waals surface area contributed by atoms with Gasteiger partial charge in [-0.3, -0.25) is 4.79 Å². The highest BCUT2D eigenvalue weighted by Crippen LogP contribution is 2.31. The summed E-state index contributed by atoms with van der Waals surface area (Å²) in [7, 11) is 3.17. The van der Waals surface area contributed by atoms with Gasteiger partial charge in [0.25, 0.3) is 5.56 Å². The van der Waals surface area contributed by atoms with E-state index in [4.69, 9.17) is 9.47 Å². The molecular formula is C18H14N2O3S. The van der Waals surface area contributed by atoms with E-state index in [9.17, 15) is 4.79 Å². The van der Waals surface area contributed by atoms with Crippen molar-refractivity contribution in [3.05, 3.63) is 62.9 Å². The summed E-state index contributed by atoms with van der Waals surface area (Å²) in [5, 5.41) is 0. The molecule has 0 saturated carbocycles. The smallest absolute Gasteiger partial charge is 0.274 e. The molecule has 0 spiro atoms. The lowest BCUT2D eigenvalue weighted by Gasteiger charge is -2.09. The lowest BCUT2D eigenvalue weighted by atomic mass is 10.2. The third kappa shape index (κ3) is 2.15. The van der Waals surface area contributed by atoms with Crippen molar-refractivity contribution in [3.63, 3.8) is 0 Å². The molecule has 0 atom stereocenters. The van der Waals surface area contributed by atoms with Crippen molar-refractivity contribution in [2.45, 2.75) is 0 Å². The van der Waals surface area contributed by atoms with Gasteiger partial charge in [-0.15, -0.1) is 0 Å².